The number of hydrogen-bond acceptors (Lipinski definition) is 7. The summed E-state index contributed by atoms with van der Waals surface area (Å²) in [6.45, 7) is 7.19. The number of rotatable bonds is 12. The molecule has 1 saturated heterocycles. The maximum atomic E-state index is 13.5. The van der Waals surface area contributed by atoms with Gasteiger partial charge >= 0.3 is 0 Å². The Morgan fingerprint density at radius 1 is 1.10 bits per heavy atom. The van der Waals surface area contributed by atoms with E-state index < -0.39 is 10.0 Å². The molecule has 10 heteroatoms. The molecule has 234 valence electrons. The van der Waals surface area contributed by atoms with Crippen LogP contribution in [-0.2, 0) is 19.6 Å². The number of piperidine rings is 1. The fourth-order valence-electron chi connectivity index (χ4n) is 6.83. The largest absolute Gasteiger partial charge is 0.496 e. The molecule has 2 aliphatic rings. The molecule has 1 N–H and O–H groups in total. The number of nitrogens with one attached hydrogen (secondary N) is 1. The molecule has 1 unspecified atom stereocenters. The minimum atomic E-state index is -3.58. The smallest absolute Gasteiger partial charge is 0.246 e. The Hall–Kier alpha value is -1.98. The summed E-state index contributed by atoms with van der Waals surface area (Å²) in [6.07, 6.45) is 6.65. The van der Waals surface area contributed by atoms with Gasteiger partial charge in [0.05, 0.1) is 12.0 Å². The monoisotopic (exact) mass is 619 g/mol. The molecule has 2 heterocycles. The van der Waals surface area contributed by atoms with Gasteiger partial charge in [0.2, 0.25) is 15.9 Å². The van der Waals surface area contributed by atoms with Crippen molar-refractivity contribution in [3.05, 3.63) is 45.1 Å². The average Bonchev–Trinajstić information content (AvgIpc) is 3.48. The van der Waals surface area contributed by atoms with Gasteiger partial charge in [-0.05, 0) is 126 Å². The van der Waals surface area contributed by atoms with E-state index in [0.717, 1.165) is 56.1 Å². The number of thiophene rings is 1. The number of carbonyl (C=O) groups is 1. The van der Waals surface area contributed by atoms with Gasteiger partial charge in [-0.15, -0.1) is 11.3 Å². The van der Waals surface area contributed by atoms with Crippen LogP contribution in [0.2, 0.25) is 0 Å². The van der Waals surface area contributed by atoms with Crippen molar-refractivity contribution < 1.29 is 22.7 Å². The van der Waals surface area contributed by atoms with Crippen molar-refractivity contribution in [3.8, 4) is 5.75 Å². The first-order valence-electron chi connectivity index (χ1n) is 15.2. The second kappa shape index (κ2) is 14.7. The number of aryl methyl sites for hydroxylation is 1. The van der Waals surface area contributed by atoms with Crippen LogP contribution in [0.1, 0.15) is 72.6 Å². The molecule has 0 radical (unpaired) electrons. The van der Waals surface area contributed by atoms with E-state index in [9.17, 15) is 13.2 Å². The third-order valence-corrected chi connectivity index (χ3v) is 12.4. The summed E-state index contributed by atoms with van der Waals surface area (Å²) in [5.41, 5.74) is 2.33. The fourth-order valence-corrected chi connectivity index (χ4v) is 9.80. The van der Waals surface area contributed by atoms with Gasteiger partial charge in [-0.3, -0.25) is 4.79 Å². The second-order valence-corrected chi connectivity index (χ2v) is 15.1. The number of sulfonamides is 1. The zero-order valence-electron chi connectivity index (χ0n) is 26.1. The third-order valence-electron chi connectivity index (χ3n) is 9.25. The standard InChI is InChI=1S/C32H49N3O5S2/c1-22-20-28(39-6)23(2)24(3)32(22)42(37,38)35-16-13-25(14-17-35)15-18-40-21-30(36)33-27-11-9-26(10-12-27)31(34(4)5)29-8-7-19-41-29/h7-8,19-20,25-27,31H,9-18,21H2,1-6H3,(H,33,36). The lowest BCUT2D eigenvalue weighted by Gasteiger charge is -2.37. The zero-order chi connectivity index (χ0) is 30.4. The van der Waals surface area contributed by atoms with E-state index in [1.807, 2.05) is 38.2 Å². The van der Waals surface area contributed by atoms with E-state index in [2.05, 4.69) is 41.8 Å². The topological polar surface area (TPSA) is 88.2 Å². The van der Waals surface area contributed by atoms with Gasteiger partial charge in [0.1, 0.15) is 12.4 Å². The van der Waals surface area contributed by atoms with Gasteiger partial charge in [0.15, 0.2) is 0 Å². The van der Waals surface area contributed by atoms with Crippen molar-refractivity contribution in [1.29, 1.82) is 0 Å². The summed E-state index contributed by atoms with van der Waals surface area (Å²) in [7, 11) is 2.35. The summed E-state index contributed by atoms with van der Waals surface area (Å²) >= 11 is 1.83. The molecule has 8 nitrogen and oxygen atoms in total. The minimum absolute atomic E-state index is 0.0395. The van der Waals surface area contributed by atoms with Crippen LogP contribution in [0.4, 0.5) is 0 Å². The molecular weight excluding hydrogens is 571 g/mol. The maximum Gasteiger partial charge on any atom is 0.246 e. The first kappa shape index (κ1) is 32.9. The van der Waals surface area contributed by atoms with Crippen LogP contribution in [0.5, 0.6) is 5.75 Å². The second-order valence-electron chi connectivity index (χ2n) is 12.3. The number of ether oxygens (including phenoxy) is 2. The molecule has 1 saturated carbocycles. The van der Waals surface area contributed by atoms with Crippen molar-refractivity contribution in [2.24, 2.45) is 11.8 Å². The van der Waals surface area contributed by atoms with Crippen molar-refractivity contribution in [2.75, 3.05) is 47.5 Å². The molecule has 2 aromatic rings. The summed E-state index contributed by atoms with van der Waals surface area (Å²) in [5.74, 6) is 1.68. The van der Waals surface area contributed by atoms with Gasteiger partial charge < -0.3 is 19.7 Å². The minimum Gasteiger partial charge on any atom is -0.496 e. The lowest BCUT2D eigenvalue weighted by atomic mass is 9.80. The number of benzene rings is 1. The molecule has 1 aliphatic carbocycles. The van der Waals surface area contributed by atoms with Crippen LogP contribution in [0.3, 0.4) is 0 Å². The molecule has 0 bridgehead atoms. The lowest BCUT2D eigenvalue weighted by Crippen LogP contribution is -2.41. The van der Waals surface area contributed by atoms with Crippen LogP contribution < -0.4 is 10.1 Å². The normalized spacial score (nSPS) is 21.4. The molecule has 42 heavy (non-hydrogen) atoms. The Labute approximate surface area is 256 Å². The highest BCUT2D eigenvalue weighted by Crippen LogP contribution is 2.39. The predicted octanol–water partition coefficient (Wildman–Crippen LogP) is 5.47. The Bertz CT molecular complexity index is 1280. The van der Waals surface area contributed by atoms with Crippen LogP contribution in [0.15, 0.2) is 28.5 Å². The fraction of sp³-hybridized carbons (Fsp3) is 0.656. The predicted molar refractivity (Wildman–Crippen MR) is 169 cm³/mol. The Balaban J connectivity index is 1.15. The van der Waals surface area contributed by atoms with Gasteiger partial charge in [-0.1, -0.05) is 6.07 Å². The first-order valence-corrected chi connectivity index (χ1v) is 17.6. The van der Waals surface area contributed by atoms with E-state index in [0.29, 0.717) is 53.8 Å². The maximum absolute atomic E-state index is 13.5. The van der Waals surface area contributed by atoms with E-state index in [4.69, 9.17) is 9.47 Å². The van der Waals surface area contributed by atoms with Crippen molar-refractivity contribution in [3.63, 3.8) is 0 Å². The average molecular weight is 620 g/mol. The molecule has 4 rings (SSSR count). The number of carbonyl (C=O) groups excluding carboxylic acids is 1. The van der Waals surface area contributed by atoms with Gasteiger partial charge in [-0.25, -0.2) is 8.42 Å². The molecule has 2 fully saturated rings. The summed E-state index contributed by atoms with van der Waals surface area (Å²) in [5, 5.41) is 5.33. The number of methoxy groups -OCH3 is 1. The van der Waals surface area contributed by atoms with E-state index in [1.165, 1.54) is 4.88 Å². The Morgan fingerprint density at radius 3 is 2.38 bits per heavy atom. The van der Waals surface area contributed by atoms with Gasteiger partial charge in [-0.2, -0.15) is 4.31 Å². The molecule has 1 aromatic carbocycles. The third kappa shape index (κ3) is 7.75. The lowest BCUT2D eigenvalue weighted by molar-refractivity contribution is -0.126. The first-order chi connectivity index (χ1) is 20.0. The quantitative estimate of drug-likeness (QED) is 0.317. The number of amides is 1. The van der Waals surface area contributed by atoms with E-state index in [-0.39, 0.29) is 18.6 Å². The number of hydrogen-bond donors (Lipinski definition) is 1. The summed E-state index contributed by atoms with van der Waals surface area (Å²) in [4.78, 5) is 16.7. The Morgan fingerprint density at radius 2 is 1.79 bits per heavy atom. The van der Waals surface area contributed by atoms with Gasteiger partial charge in [0.25, 0.3) is 0 Å². The van der Waals surface area contributed by atoms with Gasteiger partial charge in [0, 0.05) is 36.7 Å². The van der Waals surface area contributed by atoms with Crippen molar-refractivity contribution in [1.82, 2.24) is 14.5 Å². The molecule has 1 atom stereocenters. The molecule has 1 aromatic heterocycles. The molecular formula is C32H49N3O5S2. The molecule has 1 amide bonds. The molecule has 0 spiro atoms. The van der Waals surface area contributed by atoms with Crippen LogP contribution in [0.25, 0.3) is 0 Å². The molecule has 1 aliphatic heterocycles. The van der Waals surface area contributed by atoms with Crippen LogP contribution in [0, 0.1) is 32.6 Å². The van der Waals surface area contributed by atoms with Crippen molar-refractivity contribution in [2.45, 2.75) is 82.7 Å². The van der Waals surface area contributed by atoms with Crippen LogP contribution in [-0.4, -0.2) is 77.1 Å². The summed E-state index contributed by atoms with van der Waals surface area (Å²) in [6, 6.07) is 6.83. The highest BCUT2D eigenvalue weighted by molar-refractivity contribution is 7.89. The summed E-state index contributed by atoms with van der Waals surface area (Å²) < 4.78 is 39.9. The van der Waals surface area contributed by atoms with Crippen molar-refractivity contribution >= 4 is 27.3 Å². The SMILES string of the molecule is COc1cc(C)c(S(=O)(=O)N2CCC(CCOCC(=O)NC3CCC(C(c4cccs4)N(C)C)CC3)CC2)c(C)c1C. The zero-order valence-corrected chi connectivity index (χ0v) is 27.8. The van der Waals surface area contributed by atoms with E-state index >= 15 is 0 Å². The Kier molecular flexibility index (Phi) is 11.5. The van der Waals surface area contributed by atoms with Crippen LogP contribution >= 0.6 is 11.3 Å². The highest BCUT2D eigenvalue weighted by Gasteiger charge is 2.33. The highest BCUT2D eigenvalue weighted by atomic mass is 32.2. The van der Waals surface area contributed by atoms with E-state index in [1.54, 1.807) is 11.4 Å². The number of nitrogens with zero attached hydrogens (tertiary/aromatic N) is 2.